The number of hydrogen-bond donors (Lipinski definition) is 4. The largest absolute Gasteiger partial charge is 0.374 e. The fraction of sp³-hybridized carbons (Fsp3) is 0.561. The Bertz CT molecular complexity index is 1830. The zero-order valence-electron chi connectivity index (χ0n) is 32.9. The first-order valence-electron chi connectivity index (χ1n) is 19.9. The first-order valence-corrected chi connectivity index (χ1v) is 19.9. The number of urea groups is 1. The lowest BCUT2D eigenvalue weighted by Gasteiger charge is -2.40. The smallest absolute Gasteiger partial charge is 0.319 e. The molecule has 8 atom stereocenters. The average molecular weight is 794 g/mol. The summed E-state index contributed by atoms with van der Waals surface area (Å²) >= 11 is 0. The van der Waals surface area contributed by atoms with E-state index in [9.17, 15) is 37.5 Å². The van der Waals surface area contributed by atoms with Crippen LogP contribution in [0.3, 0.4) is 0 Å². The number of hydrogen-bond acceptors (Lipinski definition) is 7. The van der Waals surface area contributed by atoms with E-state index in [-0.39, 0.29) is 48.9 Å². The Morgan fingerprint density at radius 3 is 2.25 bits per heavy atom. The Hall–Kier alpha value is -5.12. The molecule has 4 aliphatic heterocycles. The monoisotopic (exact) mass is 793 g/mol. The highest BCUT2D eigenvalue weighted by Crippen LogP contribution is 2.28. The molecule has 16 heteroatoms. The van der Waals surface area contributed by atoms with Gasteiger partial charge >= 0.3 is 6.03 Å². The third-order valence-electron chi connectivity index (χ3n) is 11.4. The maximum Gasteiger partial charge on any atom is 0.319 e. The molecule has 0 bridgehead atoms. The molecule has 0 aromatic heterocycles. The SMILES string of the molecule is Cc1ccc(NC(=O)N[C@@H](Cc2cc(F)cc(F)c2)C(=O)N[C@@H]2C(=O)N3CCC[C@H]3C(=O)N3CCCC[C@H]3C(=O)N[C@@H](C)C(=O)N3C[C@H](C)CC3CO[C@H]2C)cc1. The summed E-state index contributed by atoms with van der Waals surface area (Å²) in [5.41, 5.74) is 1.47. The van der Waals surface area contributed by atoms with Crippen molar-refractivity contribution in [2.75, 3.05) is 31.6 Å². The molecule has 4 saturated heterocycles. The van der Waals surface area contributed by atoms with E-state index in [0.29, 0.717) is 63.4 Å². The van der Waals surface area contributed by atoms with Gasteiger partial charge in [-0.15, -0.1) is 0 Å². The Kier molecular flexibility index (Phi) is 13.1. The molecular formula is C41H53F2N7O7. The standard InChI is InChI=1S/C41H53F2N7O7/c1-23-10-12-30(13-11-23)45-41(56)46-32(19-27-17-28(42)20-29(43)18-27)36(51)47-35-26(4)57-22-31-16-24(2)21-50(31)38(53)25(3)44-37(52)33-8-5-6-14-48(33)39(54)34-9-7-15-49(34)40(35)55/h10-13,17-18,20,24-26,31-35H,5-9,14-16,19,21-22H2,1-4H3,(H,44,52)(H,47,51)(H2,45,46,56)/t24-,25+,26+,31?,32+,33+,34+,35+/m1/s1. The lowest BCUT2D eigenvalue weighted by atomic mass is 9.99. The van der Waals surface area contributed by atoms with Gasteiger partial charge < -0.3 is 40.7 Å². The molecule has 0 radical (unpaired) electrons. The fourth-order valence-corrected chi connectivity index (χ4v) is 8.45. The molecule has 4 heterocycles. The minimum absolute atomic E-state index is 0.0134. The molecule has 14 nitrogen and oxygen atoms in total. The topological polar surface area (TPSA) is 169 Å². The van der Waals surface area contributed by atoms with Crippen LogP contribution in [0.2, 0.25) is 0 Å². The van der Waals surface area contributed by atoms with Gasteiger partial charge in [-0.2, -0.15) is 0 Å². The first kappa shape index (κ1) is 41.5. The van der Waals surface area contributed by atoms with Crippen molar-refractivity contribution in [1.29, 1.82) is 0 Å². The normalized spacial score (nSPS) is 27.9. The summed E-state index contributed by atoms with van der Waals surface area (Å²) in [5, 5.41) is 10.9. The van der Waals surface area contributed by atoms with Gasteiger partial charge in [-0.25, -0.2) is 13.6 Å². The third kappa shape index (κ3) is 9.89. The van der Waals surface area contributed by atoms with Crippen LogP contribution in [0.4, 0.5) is 19.3 Å². The van der Waals surface area contributed by atoms with Crippen molar-refractivity contribution in [2.45, 2.75) is 115 Å². The molecule has 6 rings (SSSR count). The van der Waals surface area contributed by atoms with Gasteiger partial charge in [-0.1, -0.05) is 24.6 Å². The molecule has 0 spiro atoms. The number of carbonyl (C=O) groups excluding carboxylic acids is 6. The van der Waals surface area contributed by atoms with E-state index in [1.807, 2.05) is 13.8 Å². The number of aryl methyl sites for hydroxylation is 1. The molecule has 1 unspecified atom stereocenters. The summed E-state index contributed by atoms with van der Waals surface area (Å²) in [6.45, 7) is 8.10. The quantitative estimate of drug-likeness (QED) is 0.349. The number of ether oxygens (including phenoxy) is 1. The van der Waals surface area contributed by atoms with Crippen LogP contribution < -0.4 is 21.3 Å². The van der Waals surface area contributed by atoms with Crippen LogP contribution in [0, 0.1) is 24.5 Å². The summed E-state index contributed by atoms with van der Waals surface area (Å²) in [6.07, 6.45) is 1.91. The molecule has 4 fully saturated rings. The van der Waals surface area contributed by atoms with Gasteiger partial charge in [-0.05, 0) is 95.0 Å². The minimum atomic E-state index is -1.43. The Balaban J connectivity index is 1.31. The molecule has 0 saturated carbocycles. The van der Waals surface area contributed by atoms with Gasteiger partial charge in [0.05, 0.1) is 18.8 Å². The Morgan fingerprint density at radius 2 is 1.53 bits per heavy atom. The lowest BCUT2D eigenvalue weighted by Crippen LogP contribution is -2.63. The van der Waals surface area contributed by atoms with E-state index < -0.39 is 71.7 Å². The van der Waals surface area contributed by atoms with Crippen molar-refractivity contribution < 1.29 is 42.3 Å². The number of halogens is 2. The maximum absolute atomic E-state index is 14.7. The van der Waals surface area contributed by atoms with Gasteiger partial charge in [0, 0.05) is 37.8 Å². The molecule has 0 aliphatic carbocycles. The maximum atomic E-state index is 14.7. The number of nitrogens with one attached hydrogen (secondary N) is 4. The van der Waals surface area contributed by atoms with E-state index >= 15 is 0 Å². The van der Waals surface area contributed by atoms with Crippen LogP contribution in [0.1, 0.15) is 70.4 Å². The van der Waals surface area contributed by atoms with Crippen molar-refractivity contribution in [1.82, 2.24) is 30.7 Å². The van der Waals surface area contributed by atoms with Crippen LogP contribution in [-0.4, -0.2) is 119 Å². The highest BCUT2D eigenvalue weighted by atomic mass is 19.1. The number of anilines is 1. The Labute approximate surface area is 331 Å². The second-order valence-corrected chi connectivity index (χ2v) is 16.0. The summed E-state index contributed by atoms with van der Waals surface area (Å²) in [5.74, 6) is -4.15. The second kappa shape index (κ2) is 18.0. The van der Waals surface area contributed by atoms with Crippen LogP contribution >= 0.6 is 0 Å². The molecule has 2 aromatic carbocycles. The zero-order chi connectivity index (χ0) is 41.0. The number of piperidine rings is 1. The van der Waals surface area contributed by atoms with E-state index in [2.05, 4.69) is 21.3 Å². The minimum Gasteiger partial charge on any atom is -0.374 e. The molecule has 308 valence electrons. The molecule has 4 aliphatic rings. The number of amides is 7. The van der Waals surface area contributed by atoms with Crippen molar-refractivity contribution in [3.63, 3.8) is 0 Å². The molecular weight excluding hydrogens is 740 g/mol. The molecule has 7 amide bonds. The predicted molar refractivity (Wildman–Crippen MR) is 206 cm³/mol. The number of benzene rings is 2. The van der Waals surface area contributed by atoms with Crippen molar-refractivity contribution in [3.8, 4) is 0 Å². The zero-order valence-corrected chi connectivity index (χ0v) is 32.9. The predicted octanol–water partition coefficient (Wildman–Crippen LogP) is 3.02. The van der Waals surface area contributed by atoms with E-state index in [1.165, 1.54) is 9.80 Å². The summed E-state index contributed by atoms with van der Waals surface area (Å²) in [7, 11) is 0. The highest BCUT2D eigenvalue weighted by Gasteiger charge is 2.46. The van der Waals surface area contributed by atoms with Gasteiger partial charge in [-0.3, -0.25) is 24.0 Å². The third-order valence-corrected chi connectivity index (χ3v) is 11.4. The van der Waals surface area contributed by atoms with Gasteiger partial charge in [0.2, 0.25) is 29.5 Å². The average Bonchev–Trinajstić information content (AvgIpc) is 3.81. The number of fused-ring (bicyclic) bond motifs is 3. The van der Waals surface area contributed by atoms with Gasteiger partial charge in [0.25, 0.3) is 0 Å². The van der Waals surface area contributed by atoms with Gasteiger partial charge in [0.1, 0.15) is 41.8 Å². The van der Waals surface area contributed by atoms with Gasteiger partial charge in [0.15, 0.2) is 0 Å². The summed E-state index contributed by atoms with van der Waals surface area (Å²) in [6, 6.07) is 3.18. The van der Waals surface area contributed by atoms with Crippen molar-refractivity contribution in [2.24, 2.45) is 5.92 Å². The molecule has 4 N–H and O–H groups in total. The fourth-order valence-electron chi connectivity index (χ4n) is 8.45. The summed E-state index contributed by atoms with van der Waals surface area (Å²) < 4.78 is 34.9. The number of nitrogens with zero attached hydrogens (tertiary/aromatic N) is 3. The highest BCUT2D eigenvalue weighted by molar-refractivity contribution is 5.98. The van der Waals surface area contributed by atoms with Crippen molar-refractivity contribution >= 4 is 41.3 Å². The Morgan fingerprint density at radius 1 is 0.860 bits per heavy atom. The van der Waals surface area contributed by atoms with Crippen LogP contribution in [-0.2, 0) is 35.1 Å². The second-order valence-electron chi connectivity index (χ2n) is 16.0. The van der Waals surface area contributed by atoms with Crippen LogP contribution in [0.5, 0.6) is 0 Å². The lowest BCUT2D eigenvalue weighted by molar-refractivity contribution is -0.153. The number of carbonyl (C=O) groups is 6. The first-order chi connectivity index (χ1) is 27.2. The number of rotatable bonds is 6. The van der Waals surface area contributed by atoms with Crippen LogP contribution in [0.25, 0.3) is 0 Å². The van der Waals surface area contributed by atoms with E-state index in [1.54, 1.807) is 43.0 Å². The van der Waals surface area contributed by atoms with Crippen molar-refractivity contribution in [3.05, 3.63) is 65.2 Å². The summed E-state index contributed by atoms with van der Waals surface area (Å²) in [4.78, 5) is 88.7. The van der Waals surface area contributed by atoms with Crippen LogP contribution in [0.15, 0.2) is 42.5 Å². The molecule has 57 heavy (non-hydrogen) atoms. The van der Waals surface area contributed by atoms with E-state index in [0.717, 1.165) is 17.7 Å². The molecule has 2 aromatic rings. The van der Waals surface area contributed by atoms with E-state index in [4.69, 9.17) is 4.74 Å².